The number of carbonyl (C=O) groups is 1. The molecule has 0 radical (unpaired) electrons. The van der Waals surface area contributed by atoms with Crippen molar-refractivity contribution in [1.29, 1.82) is 0 Å². The Labute approximate surface area is 143 Å². The van der Waals surface area contributed by atoms with E-state index in [1.165, 1.54) is 0 Å². The molecule has 0 spiro atoms. The van der Waals surface area contributed by atoms with Gasteiger partial charge in [-0.3, -0.25) is 0 Å². The molecular formula is C17H14CdO3. The number of fused-ring (bicyclic) bond motifs is 2. The normalized spacial score (nSPS) is 11.2. The molecule has 0 saturated carbocycles. The van der Waals surface area contributed by atoms with E-state index in [0.29, 0.717) is 12.0 Å². The summed E-state index contributed by atoms with van der Waals surface area (Å²) in [6.45, 7) is 3.75. The van der Waals surface area contributed by atoms with E-state index in [1.54, 1.807) is 18.2 Å². The smallest absolute Gasteiger partial charge is 0.338 e. The number of esters is 1. The fraction of sp³-hybridized carbons (Fsp3) is 0.118. The molecule has 0 aliphatic carbocycles. The third-order valence-electron chi connectivity index (χ3n) is 3.24. The summed E-state index contributed by atoms with van der Waals surface area (Å²) in [7, 11) is 0. The number of hydrogen-bond donors (Lipinski definition) is 0. The van der Waals surface area contributed by atoms with E-state index in [2.05, 4.69) is 6.58 Å². The van der Waals surface area contributed by atoms with Gasteiger partial charge in [0.15, 0.2) is 0 Å². The fourth-order valence-corrected chi connectivity index (χ4v) is 2.31. The average Bonchev–Trinajstić information content (AvgIpc) is 2.50. The molecule has 0 saturated heterocycles. The number of benzene rings is 2. The Balaban J connectivity index is 0.00000161. The summed E-state index contributed by atoms with van der Waals surface area (Å²) in [5.41, 5.74) is 2.50. The zero-order valence-corrected chi connectivity index (χ0v) is 15.7. The van der Waals surface area contributed by atoms with Crippen molar-refractivity contribution in [2.24, 2.45) is 0 Å². The van der Waals surface area contributed by atoms with Gasteiger partial charge in [0.05, 0.1) is 5.56 Å². The van der Waals surface area contributed by atoms with Crippen LogP contribution in [0.5, 0.6) is 11.5 Å². The maximum atomic E-state index is 12.1. The van der Waals surface area contributed by atoms with E-state index in [-0.39, 0.29) is 39.9 Å². The summed E-state index contributed by atoms with van der Waals surface area (Å²) in [5, 5.41) is 0. The van der Waals surface area contributed by atoms with Crippen LogP contribution in [-0.4, -0.2) is 12.6 Å². The molecule has 2 aromatic carbocycles. The molecule has 0 aromatic heterocycles. The zero-order valence-electron chi connectivity index (χ0n) is 11.7. The van der Waals surface area contributed by atoms with Crippen LogP contribution < -0.4 is 4.74 Å². The monoisotopic (exact) mass is 380 g/mol. The van der Waals surface area contributed by atoms with Crippen LogP contribution in [0.25, 0.3) is 0 Å². The quantitative estimate of drug-likeness (QED) is 0.396. The van der Waals surface area contributed by atoms with Crippen LogP contribution in [0, 0.1) is 0 Å². The summed E-state index contributed by atoms with van der Waals surface area (Å²) in [6, 6.07) is 13.3. The Hall–Kier alpha value is -1.63. The van der Waals surface area contributed by atoms with Gasteiger partial charge in [0.2, 0.25) is 0 Å². The average molecular weight is 379 g/mol. The predicted molar refractivity (Wildman–Crippen MR) is 76.2 cm³/mol. The molecule has 0 unspecified atom stereocenters. The van der Waals surface area contributed by atoms with E-state index in [9.17, 15) is 4.79 Å². The van der Waals surface area contributed by atoms with Gasteiger partial charge in [0, 0.05) is 39.3 Å². The molecule has 1 aliphatic heterocycles. The largest absolute Gasteiger partial charge is 0.458 e. The van der Waals surface area contributed by atoms with E-state index < -0.39 is 0 Å². The molecule has 1 heterocycles. The fourth-order valence-electron chi connectivity index (χ4n) is 2.31. The number of hydrogen-bond acceptors (Lipinski definition) is 3. The molecule has 0 atom stereocenters. The van der Waals surface area contributed by atoms with Crippen molar-refractivity contribution in [1.82, 2.24) is 0 Å². The Bertz CT molecular complexity index is 679. The second-order valence-electron chi connectivity index (χ2n) is 4.56. The van der Waals surface area contributed by atoms with Crippen LogP contribution in [0.2, 0.25) is 0 Å². The van der Waals surface area contributed by atoms with Gasteiger partial charge in [-0.1, -0.05) is 36.9 Å². The van der Waals surface area contributed by atoms with Gasteiger partial charge in [-0.2, -0.15) is 0 Å². The van der Waals surface area contributed by atoms with Crippen molar-refractivity contribution in [2.45, 2.75) is 6.42 Å². The summed E-state index contributed by atoms with van der Waals surface area (Å²) < 4.78 is 11.0. The molecule has 2 aromatic rings. The number of carbonyl (C=O) groups excluding carboxylic acids is 1. The van der Waals surface area contributed by atoms with Crippen LogP contribution in [-0.2, 0) is 38.5 Å². The van der Waals surface area contributed by atoms with Gasteiger partial charge >= 0.3 is 5.97 Å². The second-order valence-corrected chi connectivity index (χ2v) is 4.56. The Morgan fingerprint density at radius 1 is 1.19 bits per heavy atom. The SMILES string of the molecule is C=CCOC(=O)c1cccc2c1Cc1ccccc1O2.[Cd]. The third kappa shape index (κ3) is 3.18. The Morgan fingerprint density at radius 3 is 2.76 bits per heavy atom. The molecule has 0 fully saturated rings. The molecule has 0 amide bonds. The van der Waals surface area contributed by atoms with E-state index >= 15 is 0 Å². The molecule has 0 N–H and O–H groups in total. The summed E-state index contributed by atoms with van der Waals surface area (Å²) >= 11 is 0. The predicted octanol–water partition coefficient (Wildman–Crippen LogP) is 3.72. The zero-order chi connectivity index (χ0) is 13.9. The summed E-state index contributed by atoms with van der Waals surface area (Å²) in [6.07, 6.45) is 2.23. The van der Waals surface area contributed by atoms with Crippen LogP contribution in [0.3, 0.4) is 0 Å². The van der Waals surface area contributed by atoms with Crippen molar-refractivity contribution < 1.29 is 41.6 Å². The van der Waals surface area contributed by atoms with Crippen LogP contribution in [0.15, 0.2) is 55.1 Å². The van der Waals surface area contributed by atoms with Gasteiger partial charge < -0.3 is 9.47 Å². The van der Waals surface area contributed by atoms with Gasteiger partial charge in [-0.15, -0.1) is 0 Å². The van der Waals surface area contributed by atoms with Crippen molar-refractivity contribution in [3.63, 3.8) is 0 Å². The summed E-state index contributed by atoms with van der Waals surface area (Å²) in [4.78, 5) is 12.1. The minimum absolute atomic E-state index is 0. The molecule has 4 heteroatoms. The number of ether oxygens (including phenoxy) is 2. The van der Waals surface area contributed by atoms with Crippen LogP contribution in [0.4, 0.5) is 0 Å². The second kappa shape index (κ2) is 6.89. The van der Waals surface area contributed by atoms with Gasteiger partial charge in [0.1, 0.15) is 18.1 Å². The van der Waals surface area contributed by atoms with Gasteiger partial charge in [0.25, 0.3) is 0 Å². The first-order chi connectivity index (χ1) is 9.79. The topological polar surface area (TPSA) is 35.5 Å². The first-order valence-corrected chi connectivity index (χ1v) is 6.45. The first kappa shape index (κ1) is 15.8. The van der Waals surface area contributed by atoms with Crippen LogP contribution in [0.1, 0.15) is 21.5 Å². The van der Waals surface area contributed by atoms with Gasteiger partial charge in [-0.25, -0.2) is 4.79 Å². The minimum Gasteiger partial charge on any atom is -0.458 e. The van der Waals surface area contributed by atoms with Crippen molar-refractivity contribution >= 4 is 5.97 Å². The standard InChI is InChI=1S/C17H14O3.Cd/c1-2-10-19-17(18)13-7-5-9-16-14(13)11-12-6-3-4-8-15(12)20-16;/h2-9H,1,10-11H2;. The Morgan fingerprint density at radius 2 is 1.95 bits per heavy atom. The Kier molecular flexibility index (Phi) is 5.17. The molecule has 3 nitrogen and oxygen atoms in total. The van der Waals surface area contributed by atoms with Crippen molar-refractivity contribution in [2.75, 3.05) is 6.61 Å². The first-order valence-electron chi connectivity index (χ1n) is 6.45. The van der Waals surface area contributed by atoms with Crippen molar-refractivity contribution in [3.8, 4) is 11.5 Å². The summed E-state index contributed by atoms with van der Waals surface area (Å²) in [5.74, 6) is 1.22. The maximum Gasteiger partial charge on any atom is 0.338 e. The molecular weight excluding hydrogens is 365 g/mol. The molecule has 102 valence electrons. The maximum absolute atomic E-state index is 12.1. The van der Waals surface area contributed by atoms with Gasteiger partial charge in [-0.05, 0) is 23.8 Å². The molecule has 1 aliphatic rings. The minimum atomic E-state index is -0.343. The van der Waals surface area contributed by atoms with E-state index in [0.717, 1.165) is 22.6 Å². The number of para-hydroxylation sites is 1. The van der Waals surface area contributed by atoms with E-state index in [1.807, 2.05) is 30.3 Å². The van der Waals surface area contributed by atoms with E-state index in [4.69, 9.17) is 9.47 Å². The number of rotatable bonds is 3. The molecule has 3 rings (SSSR count). The van der Waals surface area contributed by atoms with Crippen molar-refractivity contribution in [3.05, 3.63) is 71.8 Å². The molecule has 21 heavy (non-hydrogen) atoms. The third-order valence-corrected chi connectivity index (χ3v) is 3.24. The van der Waals surface area contributed by atoms with Crippen LogP contribution >= 0.6 is 0 Å². The molecule has 0 bridgehead atoms.